The van der Waals surface area contributed by atoms with Crippen molar-refractivity contribution in [1.29, 1.82) is 0 Å². The summed E-state index contributed by atoms with van der Waals surface area (Å²) in [6, 6.07) is 15.7. The Morgan fingerprint density at radius 1 is 1.13 bits per heavy atom. The van der Waals surface area contributed by atoms with Crippen LogP contribution >= 0.6 is 11.8 Å². The van der Waals surface area contributed by atoms with Crippen LogP contribution in [0, 0.1) is 0 Å². The Kier molecular flexibility index (Phi) is 7.76. The smallest absolute Gasteiger partial charge is 0.337 e. The second-order valence-corrected chi connectivity index (χ2v) is 8.22. The first-order valence-electron chi connectivity index (χ1n) is 10.1. The Morgan fingerprint density at radius 2 is 1.87 bits per heavy atom. The van der Waals surface area contributed by atoms with Crippen LogP contribution < -0.4 is 10.2 Å². The van der Waals surface area contributed by atoms with Gasteiger partial charge in [0.05, 0.1) is 18.4 Å². The van der Waals surface area contributed by atoms with Crippen LogP contribution in [-0.2, 0) is 9.53 Å². The highest BCUT2D eigenvalue weighted by molar-refractivity contribution is 7.98. The molecule has 7 heteroatoms. The number of para-hydroxylation sites is 1. The molecule has 3 rings (SSSR count). The number of benzene rings is 2. The first-order valence-corrected chi connectivity index (χ1v) is 11.3. The van der Waals surface area contributed by atoms with Gasteiger partial charge < -0.3 is 15.0 Å². The molecule has 1 saturated heterocycles. The lowest BCUT2D eigenvalue weighted by atomic mass is 10.1. The first-order chi connectivity index (χ1) is 14.5. The summed E-state index contributed by atoms with van der Waals surface area (Å²) in [6.07, 6.45) is 2.48. The molecule has 2 aromatic carbocycles. The number of esters is 1. The maximum absolute atomic E-state index is 12.4. The second kappa shape index (κ2) is 10.5. The van der Waals surface area contributed by atoms with Gasteiger partial charge in [0.2, 0.25) is 5.91 Å². The number of nitrogens with one attached hydrogen (secondary N) is 1. The fourth-order valence-electron chi connectivity index (χ4n) is 3.69. The van der Waals surface area contributed by atoms with E-state index in [1.807, 2.05) is 42.7 Å². The zero-order valence-electron chi connectivity index (χ0n) is 17.8. The number of nitrogens with zero attached hydrogens (tertiary/aromatic N) is 2. The summed E-state index contributed by atoms with van der Waals surface area (Å²) in [6.45, 7) is 5.60. The molecule has 30 heavy (non-hydrogen) atoms. The Labute approximate surface area is 182 Å². The lowest BCUT2D eigenvalue weighted by Gasteiger charge is -2.41. The third-order valence-corrected chi connectivity index (χ3v) is 6.22. The van der Waals surface area contributed by atoms with Crippen molar-refractivity contribution < 1.29 is 14.3 Å². The van der Waals surface area contributed by atoms with E-state index in [9.17, 15) is 9.59 Å². The maximum Gasteiger partial charge on any atom is 0.337 e. The van der Waals surface area contributed by atoms with Crippen LogP contribution in [-0.4, -0.2) is 62.4 Å². The van der Waals surface area contributed by atoms with Crippen molar-refractivity contribution in [1.82, 2.24) is 4.90 Å². The van der Waals surface area contributed by atoms with Gasteiger partial charge in [-0.1, -0.05) is 12.1 Å². The minimum atomic E-state index is -0.321. The molecule has 1 heterocycles. The Bertz CT molecular complexity index is 872. The number of hydrogen-bond donors (Lipinski definition) is 1. The van der Waals surface area contributed by atoms with Crippen LogP contribution in [0.1, 0.15) is 23.7 Å². The lowest BCUT2D eigenvalue weighted by molar-refractivity contribution is -0.116. The number of carbonyl (C=O) groups excluding carboxylic acids is 2. The summed E-state index contributed by atoms with van der Waals surface area (Å²) in [7, 11) is 1.39. The van der Waals surface area contributed by atoms with Gasteiger partial charge in [0.1, 0.15) is 0 Å². The van der Waals surface area contributed by atoms with Crippen LogP contribution in [0.2, 0.25) is 0 Å². The molecule has 0 spiro atoms. The van der Waals surface area contributed by atoms with Crippen molar-refractivity contribution in [3.63, 3.8) is 0 Å². The van der Waals surface area contributed by atoms with Gasteiger partial charge in [0, 0.05) is 49.2 Å². The molecule has 1 amide bonds. The highest BCUT2D eigenvalue weighted by atomic mass is 32.2. The predicted molar refractivity (Wildman–Crippen MR) is 122 cm³/mol. The van der Waals surface area contributed by atoms with Gasteiger partial charge in [-0.05, 0) is 49.6 Å². The van der Waals surface area contributed by atoms with Crippen molar-refractivity contribution in [3.8, 4) is 0 Å². The number of amides is 1. The van der Waals surface area contributed by atoms with Crippen molar-refractivity contribution in [3.05, 3.63) is 54.1 Å². The van der Waals surface area contributed by atoms with Crippen molar-refractivity contribution in [2.45, 2.75) is 24.3 Å². The molecule has 2 aromatic rings. The first kappa shape index (κ1) is 22.2. The van der Waals surface area contributed by atoms with Gasteiger partial charge in [-0.3, -0.25) is 9.69 Å². The van der Waals surface area contributed by atoms with Gasteiger partial charge in [-0.25, -0.2) is 4.79 Å². The molecule has 160 valence electrons. The molecule has 1 aliphatic rings. The SMILES string of the molecule is COC(=O)c1ccc(N2CCN(CCC(=O)Nc3ccccc3SC)C(C)C2)cc1. The number of rotatable bonds is 7. The molecule has 1 atom stereocenters. The molecule has 0 aromatic heterocycles. The van der Waals surface area contributed by atoms with Crippen LogP contribution in [0.3, 0.4) is 0 Å². The Morgan fingerprint density at radius 3 is 2.53 bits per heavy atom. The highest BCUT2D eigenvalue weighted by Crippen LogP contribution is 2.25. The Hall–Kier alpha value is -2.51. The van der Waals surface area contributed by atoms with Gasteiger partial charge in [0.15, 0.2) is 0 Å². The monoisotopic (exact) mass is 427 g/mol. The minimum Gasteiger partial charge on any atom is -0.465 e. The summed E-state index contributed by atoms with van der Waals surface area (Å²) in [5, 5.41) is 3.04. The topological polar surface area (TPSA) is 61.9 Å². The fraction of sp³-hybridized carbons (Fsp3) is 0.391. The van der Waals surface area contributed by atoms with E-state index in [1.54, 1.807) is 23.9 Å². The lowest BCUT2D eigenvalue weighted by Crippen LogP contribution is -2.52. The number of methoxy groups -OCH3 is 1. The number of ether oxygens (including phenoxy) is 1. The number of anilines is 2. The van der Waals surface area contributed by atoms with Gasteiger partial charge in [-0.15, -0.1) is 11.8 Å². The summed E-state index contributed by atoms with van der Waals surface area (Å²) >= 11 is 1.63. The number of hydrogen-bond acceptors (Lipinski definition) is 6. The highest BCUT2D eigenvalue weighted by Gasteiger charge is 2.24. The van der Waals surface area contributed by atoms with E-state index in [0.717, 1.165) is 42.4 Å². The van der Waals surface area contributed by atoms with E-state index in [-0.39, 0.29) is 11.9 Å². The minimum absolute atomic E-state index is 0.0459. The molecule has 1 unspecified atom stereocenters. The fourth-order valence-corrected chi connectivity index (χ4v) is 4.25. The largest absolute Gasteiger partial charge is 0.465 e. The average molecular weight is 428 g/mol. The zero-order chi connectivity index (χ0) is 21.5. The molecule has 1 fully saturated rings. The quantitative estimate of drug-likeness (QED) is 0.537. The molecular formula is C23H29N3O3S. The molecule has 0 saturated carbocycles. The summed E-state index contributed by atoms with van der Waals surface area (Å²) in [5.41, 5.74) is 2.53. The van der Waals surface area contributed by atoms with E-state index in [1.165, 1.54) is 7.11 Å². The predicted octanol–water partition coefficient (Wildman–Crippen LogP) is 3.73. The van der Waals surface area contributed by atoms with E-state index >= 15 is 0 Å². The second-order valence-electron chi connectivity index (χ2n) is 7.37. The maximum atomic E-state index is 12.4. The molecule has 1 N–H and O–H groups in total. The van der Waals surface area contributed by atoms with Gasteiger partial charge in [0.25, 0.3) is 0 Å². The standard InChI is InChI=1S/C23H29N3O3S/c1-17-16-26(19-10-8-18(9-11-19)23(28)29-2)15-14-25(17)13-12-22(27)24-20-6-4-5-7-21(20)30-3/h4-11,17H,12-16H2,1-3H3,(H,24,27). The van der Waals surface area contributed by atoms with Crippen molar-refractivity contribution in [2.24, 2.45) is 0 Å². The molecule has 6 nitrogen and oxygen atoms in total. The molecule has 0 bridgehead atoms. The van der Waals surface area contributed by atoms with E-state index < -0.39 is 0 Å². The number of carbonyl (C=O) groups is 2. The average Bonchev–Trinajstić information content (AvgIpc) is 2.78. The Balaban J connectivity index is 1.49. The van der Waals surface area contributed by atoms with Crippen LogP contribution in [0.4, 0.5) is 11.4 Å². The molecular weight excluding hydrogens is 398 g/mol. The van der Waals surface area contributed by atoms with Crippen molar-refractivity contribution in [2.75, 3.05) is 49.8 Å². The van der Waals surface area contributed by atoms with Crippen LogP contribution in [0.5, 0.6) is 0 Å². The third kappa shape index (κ3) is 5.55. The summed E-state index contributed by atoms with van der Waals surface area (Å²) < 4.78 is 4.76. The summed E-state index contributed by atoms with van der Waals surface area (Å²) in [4.78, 5) is 29.8. The van der Waals surface area contributed by atoms with E-state index in [2.05, 4.69) is 22.0 Å². The third-order valence-electron chi connectivity index (χ3n) is 5.43. The van der Waals surface area contributed by atoms with Crippen LogP contribution in [0.25, 0.3) is 0 Å². The molecule has 1 aliphatic heterocycles. The number of thioether (sulfide) groups is 1. The molecule has 0 radical (unpaired) electrons. The summed E-state index contributed by atoms with van der Waals surface area (Å²) in [5.74, 6) is -0.275. The normalized spacial score (nSPS) is 16.9. The van der Waals surface area contributed by atoms with E-state index in [4.69, 9.17) is 4.74 Å². The van der Waals surface area contributed by atoms with E-state index in [0.29, 0.717) is 18.0 Å². The van der Waals surface area contributed by atoms with Crippen LogP contribution in [0.15, 0.2) is 53.4 Å². The number of piperazine rings is 1. The van der Waals surface area contributed by atoms with Gasteiger partial charge in [-0.2, -0.15) is 0 Å². The zero-order valence-corrected chi connectivity index (χ0v) is 18.6. The van der Waals surface area contributed by atoms with Gasteiger partial charge >= 0.3 is 5.97 Å². The molecule has 0 aliphatic carbocycles. The van der Waals surface area contributed by atoms with Crippen molar-refractivity contribution >= 4 is 35.0 Å².